The van der Waals surface area contributed by atoms with E-state index in [9.17, 15) is 18.0 Å². The zero-order valence-corrected chi connectivity index (χ0v) is 11.1. The summed E-state index contributed by atoms with van der Waals surface area (Å²) in [6.07, 6.45) is -7.40. The van der Waals surface area contributed by atoms with Gasteiger partial charge in [-0.05, 0) is 12.1 Å². The zero-order valence-electron chi connectivity index (χ0n) is 11.1. The quantitative estimate of drug-likeness (QED) is 0.890. The van der Waals surface area contributed by atoms with Gasteiger partial charge in [-0.15, -0.1) is 0 Å². The summed E-state index contributed by atoms with van der Waals surface area (Å²) in [5.41, 5.74) is 0.211. The summed E-state index contributed by atoms with van der Waals surface area (Å²) in [5, 5.41) is 17.7. The normalized spacial score (nSPS) is 12.4. The third-order valence-corrected chi connectivity index (χ3v) is 2.61. The van der Waals surface area contributed by atoms with Crippen LogP contribution < -0.4 is 4.74 Å². The average molecular weight is 302 g/mol. The van der Waals surface area contributed by atoms with Crippen molar-refractivity contribution in [3.63, 3.8) is 0 Å². The third kappa shape index (κ3) is 4.96. The molecular weight excluding hydrogens is 289 g/mol. The number of aliphatic hydroxyl groups excluding tert-OH is 1. The van der Waals surface area contributed by atoms with Crippen molar-refractivity contribution in [2.24, 2.45) is 0 Å². The lowest BCUT2D eigenvalue weighted by Gasteiger charge is -2.22. The van der Waals surface area contributed by atoms with E-state index < -0.39 is 31.3 Å². The number of amides is 1. The summed E-state index contributed by atoms with van der Waals surface area (Å²) >= 11 is 0. The van der Waals surface area contributed by atoms with Crippen molar-refractivity contribution >= 4 is 5.91 Å². The molecule has 1 unspecified atom stereocenters. The van der Waals surface area contributed by atoms with Gasteiger partial charge in [0.15, 0.2) is 12.7 Å². The molecule has 0 saturated carbocycles. The fraction of sp³-hybridized carbons (Fsp3) is 0.385. The number of hydrogen-bond donors (Lipinski definition) is 1. The van der Waals surface area contributed by atoms with E-state index in [1.807, 2.05) is 6.07 Å². The van der Waals surface area contributed by atoms with Gasteiger partial charge in [0.05, 0.1) is 12.1 Å². The molecule has 1 aromatic rings. The van der Waals surface area contributed by atoms with Gasteiger partial charge in [-0.2, -0.15) is 18.4 Å². The number of nitriles is 1. The monoisotopic (exact) mass is 302 g/mol. The van der Waals surface area contributed by atoms with Crippen molar-refractivity contribution in [2.75, 3.05) is 20.2 Å². The molecule has 8 heteroatoms. The number of rotatable bonds is 5. The molecule has 0 saturated heterocycles. The minimum atomic E-state index is -4.79. The van der Waals surface area contributed by atoms with E-state index in [-0.39, 0.29) is 11.3 Å². The highest BCUT2D eigenvalue weighted by molar-refractivity contribution is 5.77. The Balaban J connectivity index is 2.56. The van der Waals surface area contributed by atoms with Crippen LogP contribution in [0.3, 0.4) is 0 Å². The minimum Gasteiger partial charge on any atom is -0.482 e. The fourth-order valence-electron chi connectivity index (χ4n) is 1.40. The van der Waals surface area contributed by atoms with E-state index in [1.54, 1.807) is 12.1 Å². The first-order valence-electron chi connectivity index (χ1n) is 5.86. The Hall–Kier alpha value is -2.27. The molecule has 0 aliphatic rings. The van der Waals surface area contributed by atoms with Gasteiger partial charge in [-0.1, -0.05) is 12.1 Å². The Morgan fingerprint density at radius 2 is 2.10 bits per heavy atom. The third-order valence-electron chi connectivity index (χ3n) is 2.61. The summed E-state index contributed by atoms with van der Waals surface area (Å²) in [4.78, 5) is 12.3. The van der Waals surface area contributed by atoms with Crippen molar-refractivity contribution in [3.8, 4) is 11.8 Å². The minimum absolute atomic E-state index is 0.165. The number of hydrogen-bond acceptors (Lipinski definition) is 4. The Morgan fingerprint density at radius 1 is 1.48 bits per heavy atom. The first kappa shape index (κ1) is 16.8. The molecule has 0 aromatic heterocycles. The number of carbonyl (C=O) groups is 1. The zero-order chi connectivity index (χ0) is 16.0. The second-order valence-electron chi connectivity index (χ2n) is 4.23. The molecule has 114 valence electrons. The van der Waals surface area contributed by atoms with E-state index in [1.165, 1.54) is 12.1 Å². The van der Waals surface area contributed by atoms with Gasteiger partial charge in [0.1, 0.15) is 11.8 Å². The van der Waals surface area contributed by atoms with Gasteiger partial charge in [-0.25, -0.2) is 0 Å². The number of benzene rings is 1. The number of likely N-dealkylation sites (N-methyl/N-ethyl adjacent to an activating group) is 1. The maximum absolute atomic E-state index is 12.2. The second kappa shape index (κ2) is 6.95. The van der Waals surface area contributed by atoms with Crippen LogP contribution in [0.25, 0.3) is 0 Å². The second-order valence-corrected chi connectivity index (χ2v) is 4.23. The maximum Gasteiger partial charge on any atom is 0.416 e. The van der Waals surface area contributed by atoms with Crippen LogP contribution >= 0.6 is 0 Å². The summed E-state index contributed by atoms with van der Waals surface area (Å²) in [6, 6.07) is 8.02. The summed E-state index contributed by atoms with van der Waals surface area (Å²) in [5.74, 6) is -0.579. The molecule has 0 heterocycles. The molecule has 5 nitrogen and oxygen atoms in total. The van der Waals surface area contributed by atoms with E-state index in [0.717, 1.165) is 7.05 Å². The lowest BCUT2D eigenvalue weighted by Crippen LogP contribution is -2.43. The Kier molecular flexibility index (Phi) is 5.55. The SMILES string of the molecule is CN(CC(O)C(F)(F)F)C(=O)COc1ccccc1C#N. The van der Waals surface area contributed by atoms with E-state index in [0.29, 0.717) is 4.90 Å². The van der Waals surface area contributed by atoms with Crippen LogP contribution in [0.1, 0.15) is 5.56 Å². The smallest absolute Gasteiger partial charge is 0.416 e. The van der Waals surface area contributed by atoms with Crippen molar-refractivity contribution in [1.29, 1.82) is 5.26 Å². The number of para-hydroxylation sites is 1. The largest absolute Gasteiger partial charge is 0.482 e. The van der Waals surface area contributed by atoms with Crippen LogP contribution in [-0.2, 0) is 4.79 Å². The number of nitrogens with zero attached hydrogens (tertiary/aromatic N) is 2. The van der Waals surface area contributed by atoms with E-state index >= 15 is 0 Å². The molecule has 0 bridgehead atoms. The lowest BCUT2D eigenvalue weighted by molar-refractivity contribution is -0.207. The first-order chi connectivity index (χ1) is 9.75. The topological polar surface area (TPSA) is 73.6 Å². The molecule has 1 atom stereocenters. The fourth-order valence-corrected chi connectivity index (χ4v) is 1.40. The molecule has 0 fully saturated rings. The van der Waals surface area contributed by atoms with Crippen molar-refractivity contribution in [2.45, 2.75) is 12.3 Å². The van der Waals surface area contributed by atoms with Crippen LogP contribution in [0.2, 0.25) is 0 Å². The van der Waals surface area contributed by atoms with Gasteiger partial charge in [0.2, 0.25) is 0 Å². The standard InChI is InChI=1S/C13H13F3N2O3/c1-18(7-11(19)13(14,15)16)12(20)8-21-10-5-3-2-4-9(10)6-17/h2-5,11,19H,7-8H2,1H3. The van der Waals surface area contributed by atoms with Gasteiger partial charge in [0, 0.05) is 7.05 Å². The van der Waals surface area contributed by atoms with Crippen LogP contribution in [0.5, 0.6) is 5.75 Å². The summed E-state index contributed by atoms with van der Waals surface area (Å²) < 4.78 is 41.6. The number of carbonyl (C=O) groups excluding carboxylic acids is 1. The predicted octanol–water partition coefficient (Wildman–Crippen LogP) is 1.32. The van der Waals surface area contributed by atoms with E-state index in [2.05, 4.69) is 0 Å². The average Bonchev–Trinajstić information content (AvgIpc) is 2.43. The van der Waals surface area contributed by atoms with Gasteiger partial charge >= 0.3 is 6.18 Å². The van der Waals surface area contributed by atoms with Crippen molar-refractivity contribution in [3.05, 3.63) is 29.8 Å². The maximum atomic E-state index is 12.2. The Bertz CT molecular complexity index is 540. The van der Waals surface area contributed by atoms with Crippen molar-refractivity contribution in [1.82, 2.24) is 4.90 Å². The number of aliphatic hydroxyl groups is 1. The highest BCUT2D eigenvalue weighted by atomic mass is 19.4. The van der Waals surface area contributed by atoms with Crippen LogP contribution in [0.4, 0.5) is 13.2 Å². The molecule has 0 radical (unpaired) electrons. The molecule has 1 aromatic carbocycles. The van der Waals surface area contributed by atoms with Crippen molar-refractivity contribution < 1.29 is 27.8 Å². The predicted molar refractivity (Wildman–Crippen MR) is 66.4 cm³/mol. The number of ether oxygens (including phenoxy) is 1. The number of halogens is 3. The number of alkyl halides is 3. The lowest BCUT2D eigenvalue weighted by atomic mass is 10.2. The van der Waals surface area contributed by atoms with Crippen LogP contribution in [0, 0.1) is 11.3 Å². The molecule has 1 amide bonds. The molecular formula is C13H13F3N2O3. The first-order valence-corrected chi connectivity index (χ1v) is 5.86. The Labute approximate surface area is 119 Å². The Morgan fingerprint density at radius 3 is 2.67 bits per heavy atom. The highest BCUT2D eigenvalue weighted by Gasteiger charge is 2.39. The van der Waals surface area contributed by atoms with E-state index in [4.69, 9.17) is 15.1 Å². The molecule has 0 aliphatic carbocycles. The molecule has 0 spiro atoms. The summed E-state index contributed by atoms with van der Waals surface area (Å²) in [7, 11) is 1.12. The van der Waals surface area contributed by atoms with Crippen LogP contribution in [-0.4, -0.2) is 48.4 Å². The van der Waals surface area contributed by atoms with Gasteiger partial charge < -0.3 is 14.7 Å². The summed E-state index contributed by atoms with van der Waals surface area (Å²) in [6.45, 7) is -1.41. The highest BCUT2D eigenvalue weighted by Crippen LogP contribution is 2.20. The van der Waals surface area contributed by atoms with Gasteiger partial charge in [-0.3, -0.25) is 4.79 Å². The van der Waals surface area contributed by atoms with Crippen LogP contribution in [0.15, 0.2) is 24.3 Å². The molecule has 1 N–H and O–H groups in total. The van der Waals surface area contributed by atoms with Gasteiger partial charge in [0.25, 0.3) is 5.91 Å². The molecule has 0 aliphatic heterocycles. The molecule has 1 rings (SSSR count). The molecule has 21 heavy (non-hydrogen) atoms.